The van der Waals surface area contributed by atoms with Gasteiger partial charge in [0.1, 0.15) is 5.01 Å². The van der Waals surface area contributed by atoms with Crippen LogP contribution in [0.4, 0.5) is 0 Å². The number of thiazole rings is 1. The number of aromatic nitrogens is 1. The van der Waals surface area contributed by atoms with Crippen LogP contribution in [0.15, 0.2) is 34.5 Å². The molecule has 0 aliphatic rings. The molecule has 0 saturated carbocycles. The first kappa shape index (κ1) is 14.2. The van der Waals surface area contributed by atoms with Crippen molar-refractivity contribution in [3.63, 3.8) is 0 Å². The Morgan fingerprint density at radius 2 is 1.95 bits per heavy atom. The molecule has 4 nitrogen and oxygen atoms in total. The van der Waals surface area contributed by atoms with Crippen molar-refractivity contribution in [2.24, 2.45) is 5.73 Å². The first-order valence-corrected chi connectivity index (χ1v) is 8.51. The van der Waals surface area contributed by atoms with E-state index in [1.54, 1.807) is 31.2 Å². The van der Waals surface area contributed by atoms with E-state index < -0.39 is 9.84 Å². The van der Waals surface area contributed by atoms with Crippen LogP contribution in [0, 0.1) is 0 Å². The molecule has 0 radical (unpaired) electrons. The number of hydrogen-bond donors (Lipinski definition) is 1. The fourth-order valence-corrected chi connectivity index (χ4v) is 3.30. The molecule has 0 aliphatic carbocycles. The third kappa shape index (κ3) is 3.02. The van der Waals surface area contributed by atoms with Crippen molar-refractivity contribution in [1.29, 1.82) is 0 Å². The quantitative estimate of drug-likeness (QED) is 0.941. The van der Waals surface area contributed by atoms with E-state index >= 15 is 0 Å². The molecule has 0 spiro atoms. The molecule has 0 saturated heterocycles. The highest BCUT2D eigenvalue weighted by Crippen LogP contribution is 2.25. The van der Waals surface area contributed by atoms with Crippen molar-refractivity contribution in [3.05, 3.63) is 34.7 Å². The summed E-state index contributed by atoms with van der Waals surface area (Å²) in [5.41, 5.74) is 7.51. The normalized spacial score (nSPS) is 13.4. The molecule has 1 heterocycles. The number of hydrogen-bond acceptors (Lipinski definition) is 5. The van der Waals surface area contributed by atoms with Gasteiger partial charge in [0, 0.05) is 10.9 Å². The summed E-state index contributed by atoms with van der Waals surface area (Å²) in [5.74, 6) is 0.109. The van der Waals surface area contributed by atoms with Crippen molar-refractivity contribution in [2.75, 3.05) is 5.75 Å². The largest absolute Gasteiger partial charge is 0.322 e. The molecule has 0 amide bonds. The van der Waals surface area contributed by atoms with Gasteiger partial charge in [-0.05, 0) is 19.1 Å². The Morgan fingerprint density at radius 1 is 1.32 bits per heavy atom. The number of nitrogens with zero attached hydrogens (tertiary/aromatic N) is 1. The Hall–Kier alpha value is -1.24. The lowest BCUT2D eigenvalue weighted by atomic mass is 10.2. The molecule has 2 aromatic rings. The van der Waals surface area contributed by atoms with Crippen molar-refractivity contribution < 1.29 is 8.42 Å². The Balaban J connectivity index is 2.32. The zero-order valence-corrected chi connectivity index (χ0v) is 12.5. The molecular weight excluding hydrogens is 280 g/mol. The standard InChI is InChI=1S/C13H16N2O2S2/c1-3-19(16,17)11-6-4-10(5-7-11)12-8-18-13(15-12)9(2)14/h4-9H,3,14H2,1-2H3. The van der Waals surface area contributed by atoms with Crippen molar-refractivity contribution in [2.45, 2.75) is 24.8 Å². The predicted molar refractivity (Wildman–Crippen MR) is 77.9 cm³/mol. The summed E-state index contributed by atoms with van der Waals surface area (Å²) >= 11 is 1.51. The number of benzene rings is 1. The molecule has 19 heavy (non-hydrogen) atoms. The van der Waals surface area contributed by atoms with Gasteiger partial charge in [0.05, 0.1) is 22.4 Å². The fraction of sp³-hybridized carbons (Fsp3) is 0.308. The van der Waals surface area contributed by atoms with Crippen LogP contribution in [-0.2, 0) is 9.84 Å². The van der Waals surface area contributed by atoms with Gasteiger partial charge in [0.2, 0.25) is 0 Å². The summed E-state index contributed by atoms with van der Waals surface area (Å²) in [6.45, 7) is 3.53. The average Bonchev–Trinajstić information content (AvgIpc) is 2.88. The summed E-state index contributed by atoms with van der Waals surface area (Å²) in [4.78, 5) is 4.78. The fourth-order valence-electron chi connectivity index (χ4n) is 1.63. The highest BCUT2D eigenvalue weighted by Gasteiger charge is 2.12. The van der Waals surface area contributed by atoms with E-state index in [4.69, 9.17) is 5.73 Å². The van der Waals surface area contributed by atoms with Crippen LogP contribution in [-0.4, -0.2) is 19.2 Å². The molecular formula is C13H16N2O2S2. The number of nitrogens with two attached hydrogens (primary N) is 1. The van der Waals surface area contributed by atoms with E-state index in [2.05, 4.69) is 4.98 Å². The monoisotopic (exact) mass is 296 g/mol. The van der Waals surface area contributed by atoms with Crippen LogP contribution >= 0.6 is 11.3 Å². The van der Waals surface area contributed by atoms with E-state index in [-0.39, 0.29) is 11.8 Å². The SMILES string of the molecule is CCS(=O)(=O)c1ccc(-c2csc(C(C)N)n2)cc1. The Bertz CT molecular complexity index is 658. The van der Waals surface area contributed by atoms with Gasteiger partial charge in [-0.1, -0.05) is 19.1 Å². The minimum Gasteiger partial charge on any atom is -0.322 e. The number of sulfone groups is 1. The second-order valence-electron chi connectivity index (χ2n) is 4.29. The summed E-state index contributed by atoms with van der Waals surface area (Å²) < 4.78 is 23.4. The van der Waals surface area contributed by atoms with Gasteiger partial charge in [-0.25, -0.2) is 13.4 Å². The first-order chi connectivity index (χ1) is 8.94. The van der Waals surface area contributed by atoms with Gasteiger partial charge in [-0.3, -0.25) is 0 Å². The van der Waals surface area contributed by atoms with Gasteiger partial charge in [-0.2, -0.15) is 0 Å². The highest BCUT2D eigenvalue weighted by atomic mass is 32.2. The molecule has 102 valence electrons. The molecule has 1 atom stereocenters. The van der Waals surface area contributed by atoms with Gasteiger partial charge in [0.25, 0.3) is 0 Å². The van der Waals surface area contributed by atoms with Crippen molar-refractivity contribution in [1.82, 2.24) is 4.98 Å². The topological polar surface area (TPSA) is 73.0 Å². The van der Waals surface area contributed by atoms with E-state index in [0.29, 0.717) is 4.90 Å². The van der Waals surface area contributed by atoms with Gasteiger partial charge < -0.3 is 5.73 Å². The smallest absolute Gasteiger partial charge is 0.178 e. The first-order valence-electron chi connectivity index (χ1n) is 5.98. The van der Waals surface area contributed by atoms with E-state index in [9.17, 15) is 8.42 Å². The molecule has 0 bridgehead atoms. The van der Waals surface area contributed by atoms with E-state index in [1.807, 2.05) is 12.3 Å². The lowest BCUT2D eigenvalue weighted by Gasteiger charge is -2.02. The van der Waals surface area contributed by atoms with Gasteiger partial charge in [0.15, 0.2) is 9.84 Å². The molecule has 6 heteroatoms. The minimum atomic E-state index is -3.14. The van der Waals surface area contributed by atoms with Crippen LogP contribution in [0.3, 0.4) is 0 Å². The molecule has 1 aromatic carbocycles. The zero-order chi connectivity index (χ0) is 14.0. The molecule has 1 aromatic heterocycles. The summed E-state index contributed by atoms with van der Waals surface area (Å²) in [7, 11) is -3.14. The van der Waals surface area contributed by atoms with Gasteiger partial charge in [-0.15, -0.1) is 11.3 Å². The predicted octanol–water partition coefficient (Wildman–Crippen LogP) is 2.62. The molecule has 1 unspecified atom stereocenters. The lowest BCUT2D eigenvalue weighted by Crippen LogP contribution is -2.04. The second-order valence-corrected chi connectivity index (χ2v) is 7.46. The van der Waals surface area contributed by atoms with Crippen molar-refractivity contribution >= 4 is 21.2 Å². The molecule has 2 N–H and O–H groups in total. The Morgan fingerprint density at radius 3 is 2.42 bits per heavy atom. The number of rotatable bonds is 4. The van der Waals surface area contributed by atoms with Crippen LogP contribution in [0.5, 0.6) is 0 Å². The highest BCUT2D eigenvalue weighted by molar-refractivity contribution is 7.91. The van der Waals surface area contributed by atoms with Crippen LogP contribution in [0.2, 0.25) is 0 Å². The van der Waals surface area contributed by atoms with Crippen LogP contribution in [0.25, 0.3) is 11.3 Å². The summed E-state index contributed by atoms with van der Waals surface area (Å²) in [6, 6.07) is 6.72. The van der Waals surface area contributed by atoms with Crippen LogP contribution < -0.4 is 5.73 Å². The third-order valence-electron chi connectivity index (χ3n) is 2.80. The summed E-state index contributed by atoms with van der Waals surface area (Å²) in [6.07, 6.45) is 0. The maximum absolute atomic E-state index is 11.7. The zero-order valence-electron chi connectivity index (χ0n) is 10.8. The molecule has 0 aliphatic heterocycles. The lowest BCUT2D eigenvalue weighted by molar-refractivity contribution is 0.597. The van der Waals surface area contributed by atoms with Crippen LogP contribution in [0.1, 0.15) is 24.9 Å². The second kappa shape index (κ2) is 5.40. The summed E-state index contributed by atoms with van der Waals surface area (Å²) in [5, 5.41) is 2.81. The minimum absolute atomic E-state index is 0.0847. The third-order valence-corrected chi connectivity index (χ3v) is 5.60. The maximum Gasteiger partial charge on any atom is 0.178 e. The van der Waals surface area contributed by atoms with Gasteiger partial charge >= 0.3 is 0 Å². The Labute approximate surface area is 117 Å². The maximum atomic E-state index is 11.7. The van der Waals surface area contributed by atoms with Crippen molar-refractivity contribution in [3.8, 4) is 11.3 Å². The molecule has 2 rings (SSSR count). The molecule has 0 fully saturated rings. The van der Waals surface area contributed by atoms with E-state index in [0.717, 1.165) is 16.3 Å². The average molecular weight is 296 g/mol. The van der Waals surface area contributed by atoms with E-state index in [1.165, 1.54) is 11.3 Å². The Kier molecular flexibility index (Phi) is 4.03.